The Bertz CT molecular complexity index is 1420. The van der Waals surface area contributed by atoms with Crippen LogP contribution in [0.1, 0.15) is 55.0 Å². The van der Waals surface area contributed by atoms with Crippen LogP contribution < -0.4 is 10.6 Å². The Balaban J connectivity index is 1.63. The van der Waals surface area contributed by atoms with Crippen LogP contribution in [0.3, 0.4) is 0 Å². The molecule has 0 aliphatic rings. The highest BCUT2D eigenvalue weighted by Gasteiger charge is 2.34. The fraction of sp³-hybridized carbons (Fsp3) is 0.267. The van der Waals surface area contributed by atoms with Crippen LogP contribution in [0.25, 0.3) is 0 Å². The van der Waals surface area contributed by atoms with Gasteiger partial charge in [-0.25, -0.2) is 4.98 Å². The van der Waals surface area contributed by atoms with Gasteiger partial charge in [-0.3, -0.25) is 5.10 Å². The molecule has 0 amide bonds. The summed E-state index contributed by atoms with van der Waals surface area (Å²) in [6.07, 6.45) is 2.26. The summed E-state index contributed by atoms with van der Waals surface area (Å²) in [7, 11) is 0. The number of halogens is 1. The molecule has 0 saturated carbocycles. The lowest BCUT2D eigenvalue weighted by Crippen LogP contribution is -2.42. The minimum atomic E-state index is -0.688. The number of nitrogens with zero attached hydrogens (tertiary/aromatic N) is 4. The molecule has 0 bridgehead atoms. The largest absolute Gasteiger partial charge is 0.323 e. The second-order valence-corrected chi connectivity index (χ2v) is 10.4. The molecule has 1 heterocycles. The molecular weight excluding hydrogens is 494 g/mol. The predicted octanol–water partition coefficient (Wildman–Crippen LogP) is 6.67. The first-order valence-electron chi connectivity index (χ1n) is 12.4. The SMILES string of the molecule is CC(NC(c1ccc(Nc2nc[nH]n2)cc1)C(C)(C)C#N)C(Cc1ccc(Cl)cc1)c1cccc(C#N)c1. The van der Waals surface area contributed by atoms with Gasteiger partial charge in [-0.05, 0) is 80.3 Å². The molecule has 0 aliphatic carbocycles. The summed E-state index contributed by atoms with van der Waals surface area (Å²) in [6.45, 7) is 6.03. The predicted molar refractivity (Wildman–Crippen MR) is 150 cm³/mol. The van der Waals surface area contributed by atoms with E-state index in [-0.39, 0.29) is 18.0 Å². The summed E-state index contributed by atoms with van der Waals surface area (Å²) in [5.74, 6) is 0.538. The third-order valence-corrected chi connectivity index (χ3v) is 7.02. The highest BCUT2D eigenvalue weighted by atomic mass is 35.5. The molecule has 192 valence electrons. The molecule has 3 aromatic carbocycles. The second kappa shape index (κ2) is 11.9. The van der Waals surface area contributed by atoms with Crippen LogP contribution in [0.15, 0.2) is 79.1 Å². The molecule has 1 aromatic heterocycles. The van der Waals surface area contributed by atoms with Crippen molar-refractivity contribution in [3.63, 3.8) is 0 Å². The third-order valence-electron chi connectivity index (χ3n) is 6.77. The van der Waals surface area contributed by atoms with Crippen molar-refractivity contribution >= 4 is 23.2 Å². The van der Waals surface area contributed by atoms with Gasteiger partial charge in [0.25, 0.3) is 0 Å². The van der Waals surface area contributed by atoms with Crippen molar-refractivity contribution in [2.24, 2.45) is 5.41 Å². The van der Waals surface area contributed by atoms with Crippen LogP contribution in [0.5, 0.6) is 0 Å². The molecule has 4 rings (SSSR count). The second-order valence-electron chi connectivity index (χ2n) is 9.97. The number of benzene rings is 3. The average molecular weight is 524 g/mol. The van der Waals surface area contributed by atoms with E-state index in [4.69, 9.17) is 11.6 Å². The van der Waals surface area contributed by atoms with Gasteiger partial charge in [0.1, 0.15) is 6.33 Å². The van der Waals surface area contributed by atoms with E-state index in [1.807, 2.05) is 80.6 Å². The fourth-order valence-corrected chi connectivity index (χ4v) is 4.74. The van der Waals surface area contributed by atoms with E-state index < -0.39 is 5.41 Å². The van der Waals surface area contributed by atoms with Crippen molar-refractivity contribution in [3.8, 4) is 12.1 Å². The molecule has 4 aromatic rings. The Morgan fingerprint density at radius 2 is 1.74 bits per heavy atom. The van der Waals surface area contributed by atoms with Gasteiger partial charge in [-0.1, -0.05) is 48.0 Å². The first-order chi connectivity index (χ1) is 18.3. The Labute approximate surface area is 228 Å². The van der Waals surface area contributed by atoms with Crippen molar-refractivity contribution in [1.82, 2.24) is 20.5 Å². The molecule has 3 unspecified atom stereocenters. The molecule has 0 spiro atoms. The lowest BCUT2D eigenvalue weighted by molar-refractivity contribution is 0.281. The summed E-state index contributed by atoms with van der Waals surface area (Å²) in [4.78, 5) is 4.10. The lowest BCUT2D eigenvalue weighted by atomic mass is 9.79. The summed E-state index contributed by atoms with van der Waals surface area (Å²) in [5, 5.41) is 33.9. The summed E-state index contributed by atoms with van der Waals surface area (Å²) in [5.41, 5.74) is 4.00. The summed E-state index contributed by atoms with van der Waals surface area (Å²) in [6, 6.07) is 28.0. The van der Waals surface area contributed by atoms with E-state index in [0.29, 0.717) is 16.5 Å². The van der Waals surface area contributed by atoms with Crippen LogP contribution in [-0.4, -0.2) is 21.2 Å². The molecule has 7 nitrogen and oxygen atoms in total. The number of hydrogen-bond acceptors (Lipinski definition) is 6. The number of anilines is 2. The number of aromatic nitrogens is 3. The van der Waals surface area contributed by atoms with Gasteiger partial charge in [-0.15, -0.1) is 5.10 Å². The van der Waals surface area contributed by atoms with Gasteiger partial charge < -0.3 is 10.6 Å². The van der Waals surface area contributed by atoms with Crippen LogP contribution in [0, 0.1) is 28.1 Å². The van der Waals surface area contributed by atoms with Crippen molar-refractivity contribution in [1.29, 1.82) is 10.5 Å². The van der Waals surface area contributed by atoms with Gasteiger partial charge in [0.15, 0.2) is 0 Å². The van der Waals surface area contributed by atoms with Gasteiger partial charge in [0.2, 0.25) is 5.95 Å². The van der Waals surface area contributed by atoms with Crippen molar-refractivity contribution in [2.45, 2.75) is 45.2 Å². The number of hydrogen-bond donors (Lipinski definition) is 3. The van der Waals surface area contributed by atoms with Crippen LogP contribution in [0.2, 0.25) is 5.02 Å². The maximum absolute atomic E-state index is 10.1. The maximum Gasteiger partial charge on any atom is 0.246 e. The summed E-state index contributed by atoms with van der Waals surface area (Å²) >= 11 is 6.13. The molecule has 3 N–H and O–H groups in total. The van der Waals surface area contributed by atoms with E-state index in [9.17, 15) is 10.5 Å². The Morgan fingerprint density at radius 1 is 1.00 bits per heavy atom. The fourth-order valence-electron chi connectivity index (χ4n) is 4.62. The zero-order chi connectivity index (χ0) is 27.1. The molecule has 38 heavy (non-hydrogen) atoms. The number of nitrogens with one attached hydrogen (secondary N) is 3. The third kappa shape index (κ3) is 6.58. The molecule has 8 heteroatoms. The van der Waals surface area contributed by atoms with Gasteiger partial charge in [0, 0.05) is 22.7 Å². The molecule has 0 fully saturated rings. The van der Waals surface area contributed by atoms with Crippen LogP contribution in [-0.2, 0) is 6.42 Å². The first kappa shape index (κ1) is 26.9. The van der Waals surface area contributed by atoms with Gasteiger partial charge >= 0.3 is 0 Å². The highest BCUT2D eigenvalue weighted by Crippen LogP contribution is 2.36. The molecular formula is C30H30ClN7. The smallest absolute Gasteiger partial charge is 0.246 e. The molecule has 0 aliphatic heterocycles. The van der Waals surface area contributed by atoms with E-state index in [1.165, 1.54) is 6.33 Å². The zero-order valence-electron chi connectivity index (χ0n) is 21.6. The van der Waals surface area contributed by atoms with Gasteiger partial charge in [-0.2, -0.15) is 10.5 Å². The Kier molecular flexibility index (Phi) is 8.43. The van der Waals surface area contributed by atoms with E-state index >= 15 is 0 Å². The van der Waals surface area contributed by atoms with Crippen molar-refractivity contribution in [2.75, 3.05) is 5.32 Å². The number of nitriles is 2. The van der Waals surface area contributed by atoms with Crippen molar-refractivity contribution < 1.29 is 0 Å². The quantitative estimate of drug-likeness (QED) is 0.214. The lowest BCUT2D eigenvalue weighted by Gasteiger charge is -2.36. The minimum absolute atomic E-state index is 0.0247. The van der Waals surface area contributed by atoms with Crippen molar-refractivity contribution in [3.05, 3.63) is 106 Å². The zero-order valence-corrected chi connectivity index (χ0v) is 22.4. The summed E-state index contributed by atoms with van der Waals surface area (Å²) < 4.78 is 0. The van der Waals surface area contributed by atoms with E-state index in [2.05, 4.69) is 50.9 Å². The number of rotatable bonds is 10. The standard InChI is InChI=1S/C30H30ClN7/c1-20(27(16-21-7-11-25(31)12-8-21)24-6-4-5-22(15-24)17-32)36-28(30(2,3)18-33)23-9-13-26(14-10-23)37-29-34-19-35-38-29/h4-15,19-20,27-28,36H,16H2,1-3H3,(H2,34,35,37,38). The topological polar surface area (TPSA) is 113 Å². The molecule has 0 saturated heterocycles. The molecule has 3 atom stereocenters. The van der Waals surface area contributed by atoms with E-state index in [0.717, 1.165) is 28.8 Å². The highest BCUT2D eigenvalue weighted by molar-refractivity contribution is 6.30. The molecule has 0 radical (unpaired) electrons. The van der Waals surface area contributed by atoms with E-state index in [1.54, 1.807) is 0 Å². The Hall–Kier alpha value is -4.17. The van der Waals surface area contributed by atoms with Gasteiger partial charge in [0.05, 0.1) is 29.2 Å². The maximum atomic E-state index is 10.1. The normalized spacial score (nSPS) is 13.6. The number of aromatic amines is 1. The average Bonchev–Trinajstić information content (AvgIpc) is 3.45. The first-order valence-corrected chi connectivity index (χ1v) is 12.8. The monoisotopic (exact) mass is 523 g/mol. The van der Waals surface area contributed by atoms with Crippen LogP contribution >= 0.6 is 11.6 Å². The Morgan fingerprint density at radius 3 is 2.37 bits per heavy atom. The van der Waals surface area contributed by atoms with Crippen LogP contribution in [0.4, 0.5) is 11.6 Å². The number of H-pyrrole nitrogens is 1. The minimum Gasteiger partial charge on any atom is -0.323 e.